The Kier molecular flexibility index (Phi) is 11.7. The SMILES string of the molecule is COc1ccc(S(=O)(=O)N(CC(=O)N(Cc2ccc(Cl)c(Cl)c2)[C@@H](C)C(=O)NCC(C)C)c2ccc(C)cc2)cc1OC. The molecular formula is C31H37Cl2N3O6S. The van der Waals surface area contributed by atoms with Crippen LogP contribution >= 0.6 is 23.2 Å². The van der Waals surface area contributed by atoms with Crippen molar-refractivity contribution in [1.82, 2.24) is 10.2 Å². The van der Waals surface area contributed by atoms with E-state index in [0.717, 1.165) is 9.87 Å². The van der Waals surface area contributed by atoms with Crippen molar-refractivity contribution < 1.29 is 27.5 Å². The topological polar surface area (TPSA) is 105 Å². The highest BCUT2D eigenvalue weighted by Gasteiger charge is 2.33. The summed E-state index contributed by atoms with van der Waals surface area (Å²) in [6.07, 6.45) is 0. The Hall–Kier alpha value is -3.47. The van der Waals surface area contributed by atoms with Crippen LogP contribution < -0.4 is 19.1 Å². The molecule has 3 aromatic carbocycles. The predicted octanol–water partition coefficient (Wildman–Crippen LogP) is 5.70. The number of ether oxygens (including phenoxy) is 2. The van der Waals surface area contributed by atoms with Crippen molar-refractivity contribution >= 4 is 50.7 Å². The fourth-order valence-corrected chi connectivity index (χ4v) is 5.96. The Balaban J connectivity index is 2.06. The second kappa shape index (κ2) is 14.8. The predicted molar refractivity (Wildman–Crippen MR) is 170 cm³/mol. The molecule has 0 saturated carbocycles. The van der Waals surface area contributed by atoms with Gasteiger partial charge in [0, 0.05) is 19.2 Å². The number of methoxy groups -OCH3 is 2. The molecule has 9 nitrogen and oxygen atoms in total. The summed E-state index contributed by atoms with van der Waals surface area (Å²) in [6, 6.07) is 15.0. The van der Waals surface area contributed by atoms with Crippen LogP contribution in [0.15, 0.2) is 65.6 Å². The number of hydrogen-bond acceptors (Lipinski definition) is 6. The lowest BCUT2D eigenvalue weighted by Gasteiger charge is -2.32. The van der Waals surface area contributed by atoms with Gasteiger partial charge in [0.2, 0.25) is 11.8 Å². The molecule has 0 bridgehead atoms. The standard InChI is InChI=1S/C31H37Cl2N3O6S/c1-20(2)17-34-31(38)22(4)35(18-23-9-13-26(32)27(33)15-23)30(37)19-36(24-10-7-21(3)8-11-24)43(39,40)25-12-14-28(41-5)29(16-25)42-6/h7-16,20,22H,17-19H2,1-6H3,(H,34,38)/t22-/m0/s1. The number of nitrogens with one attached hydrogen (secondary N) is 1. The Morgan fingerprint density at radius 1 is 0.884 bits per heavy atom. The highest BCUT2D eigenvalue weighted by Crippen LogP contribution is 2.32. The fourth-order valence-electron chi connectivity index (χ4n) is 4.21. The molecule has 0 aromatic heterocycles. The zero-order valence-electron chi connectivity index (χ0n) is 25.1. The van der Waals surface area contributed by atoms with Crippen LogP contribution in [-0.2, 0) is 26.2 Å². The molecule has 0 aliphatic carbocycles. The maximum atomic E-state index is 14.1. The van der Waals surface area contributed by atoms with Gasteiger partial charge in [-0.05, 0) is 61.7 Å². The second-order valence-electron chi connectivity index (χ2n) is 10.4. The number of aryl methyl sites for hydroxylation is 1. The summed E-state index contributed by atoms with van der Waals surface area (Å²) < 4.78 is 39.8. The van der Waals surface area contributed by atoms with Gasteiger partial charge in [-0.2, -0.15) is 0 Å². The molecule has 0 aliphatic heterocycles. The number of halogens is 2. The number of rotatable bonds is 13. The minimum atomic E-state index is -4.29. The smallest absolute Gasteiger partial charge is 0.264 e. The summed E-state index contributed by atoms with van der Waals surface area (Å²) in [6.45, 7) is 7.22. The number of nitrogens with zero attached hydrogens (tertiary/aromatic N) is 2. The summed E-state index contributed by atoms with van der Waals surface area (Å²) in [5.41, 5.74) is 1.81. The molecule has 0 heterocycles. The molecule has 1 N–H and O–H groups in total. The highest BCUT2D eigenvalue weighted by atomic mass is 35.5. The van der Waals surface area contributed by atoms with Crippen molar-refractivity contribution in [2.75, 3.05) is 31.6 Å². The number of hydrogen-bond donors (Lipinski definition) is 1. The van der Waals surface area contributed by atoms with Crippen LogP contribution in [0.3, 0.4) is 0 Å². The number of carbonyl (C=O) groups excluding carboxylic acids is 2. The molecule has 232 valence electrons. The molecule has 0 saturated heterocycles. The van der Waals surface area contributed by atoms with Gasteiger partial charge in [0.25, 0.3) is 10.0 Å². The van der Waals surface area contributed by atoms with Crippen LogP contribution in [0, 0.1) is 12.8 Å². The van der Waals surface area contributed by atoms with E-state index in [1.54, 1.807) is 49.4 Å². The van der Waals surface area contributed by atoms with E-state index in [1.165, 1.54) is 37.3 Å². The zero-order valence-corrected chi connectivity index (χ0v) is 27.4. The van der Waals surface area contributed by atoms with E-state index >= 15 is 0 Å². The van der Waals surface area contributed by atoms with E-state index in [9.17, 15) is 18.0 Å². The van der Waals surface area contributed by atoms with Crippen molar-refractivity contribution in [3.63, 3.8) is 0 Å². The first-order valence-corrected chi connectivity index (χ1v) is 15.8. The highest BCUT2D eigenvalue weighted by molar-refractivity contribution is 7.92. The Morgan fingerprint density at radius 2 is 1.53 bits per heavy atom. The van der Waals surface area contributed by atoms with Crippen LogP contribution in [-0.4, -0.2) is 58.5 Å². The molecule has 3 aromatic rings. The molecule has 0 fully saturated rings. The van der Waals surface area contributed by atoms with Gasteiger partial charge >= 0.3 is 0 Å². The van der Waals surface area contributed by atoms with E-state index in [-0.39, 0.29) is 34.7 Å². The van der Waals surface area contributed by atoms with Crippen molar-refractivity contribution in [3.05, 3.63) is 81.8 Å². The van der Waals surface area contributed by atoms with Crippen LogP contribution in [0.4, 0.5) is 5.69 Å². The van der Waals surface area contributed by atoms with Crippen LogP contribution in [0.1, 0.15) is 31.9 Å². The minimum absolute atomic E-state index is 0.00979. The molecule has 1 atom stereocenters. The first-order chi connectivity index (χ1) is 20.3. The third-order valence-electron chi connectivity index (χ3n) is 6.73. The third kappa shape index (κ3) is 8.55. The molecule has 3 rings (SSSR count). The molecule has 2 amide bonds. The minimum Gasteiger partial charge on any atom is -0.493 e. The van der Waals surface area contributed by atoms with Gasteiger partial charge < -0.3 is 19.7 Å². The largest absolute Gasteiger partial charge is 0.493 e. The average molecular weight is 651 g/mol. The Bertz CT molecular complexity index is 1550. The van der Waals surface area contributed by atoms with E-state index in [4.69, 9.17) is 32.7 Å². The number of carbonyl (C=O) groups is 2. The molecule has 12 heteroatoms. The van der Waals surface area contributed by atoms with Gasteiger partial charge in [-0.1, -0.05) is 60.8 Å². The maximum Gasteiger partial charge on any atom is 0.264 e. The maximum absolute atomic E-state index is 14.1. The third-order valence-corrected chi connectivity index (χ3v) is 9.24. The van der Waals surface area contributed by atoms with Crippen LogP contribution in [0.25, 0.3) is 0 Å². The van der Waals surface area contributed by atoms with Gasteiger partial charge in [0.1, 0.15) is 12.6 Å². The lowest BCUT2D eigenvalue weighted by atomic mass is 10.1. The lowest BCUT2D eigenvalue weighted by molar-refractivity contribution is -0.139. The zero-order chi connectivity index (χ0) is 31.9. The quantitative estimate of drug-likeness (QED) is 0.255. The Labute approximate surface area is 263 Å². The molecule has 0 unspecified atom stereocenters. The summed E-state index contributed by atoms with van der Waals surface area (Å²) >= 11 is 12.3. The first kappa shape index (κ1) is 34.0. The van der Waals surface area contributed by atoms with Gasteiger partial charge in [-0.25, -0.2) is 8.42 Å². The number of amides is 2. The normalized spacial score (nSPS) is 12.0. The van der Waals surface area contributed by atoms with Gasteiger partial charge in [-0.3, -0.25) is 13.9 Å². The average Bonchev–Trinajstić information content (AvgIpc) is 2.98. The molecule has 43 heavy (non-hydrogen) atoms. The molecular weight excluding hydrogens is 613 g/mol. The number of anilines is 1. The fraction of sp³-hybridized carbons (Fsp3) is 0.355. The van der Waals surface area contributed by atoms with Gasteiger partial charge in [-0.15, -0.1) is 0 Å². The van der Waals surface area contributed by atoms with Crippen molar-refractivity contribution in [3.8, 4) is 11.5 Å². The van der Waals surface area contributed by atoms with Crippen LogP contribution in [0.5, 0.6) is 11.5 Å². The number of benzene rings is 3. The van der Waals surface area contributed by atoms with Crippen LogP contribution in [0.2, 0.25) is 10.0 Å². The Morgan fingerprint density at radius 3 is 2.12 bits per heavy atom. The molecule has 0 aliphatic rings. The van der Waals surface area contributed by atoms with E-state index in [1.807, 2.05) is 20.8 Å². The second-order valence-corrected chi connectivity index (χ2v) is 13.1. The van der Waals surface area contributed by atoms with Crippen molar-refractivity contribution in [1.29, 1.82) is 0 Å². The first-order valence-electron chi connectivity index (χ1n) is 13.6. The number of sulfonamides is 1. The van der Waals surface area contributed by atoms with Crippen molar-refractivity contribution in [2.24, 2.45) is 5.92 Å². The monoisotopic (exact) mass is 649 g/mol. The van der Waals surface area contributed by atoms with Gasteiger partial charge in [0.05, 0.1) is 34.8 Å². The van der Waals surface area contributed by atoms with Crippen molar-refractivity contribution in [2.45, 2.75) is 45.2 Å². The van der Waals surface area contributed by atoms with E-state index < -0.39 is 28.5 Å². The lowest BCUT2D eigenvalue weighted by Crippen LogP contribution is -2.51. The summed E-state index contributed by atoms with van der Waals surface area (Å²) in [5.74, 6) is -0.197. The molecule has 0 spiro atoms. The van der Waals surface area contributed by atoms with E-state index in [2.05, 4.69) is 5.32 Å². The summed E-state index contributed by atoms with van der Waals surface area (Å²) in [5, 5.41) is 3.49. The van der Waals surface area contributed by atoms with E-state index in [0.29, 0.717) is 27.9 Å². The summed E-state index contributed by atoms with van der Waals surface area (Å²) in [7, 11) is -1.44. The molecule has 0 radical (unpaired) electrons. The van der Waals surface area contributed by atoms with Gasteiger partial charge in [0.15, 0.2) is 11.5 Å². The summed E-state index contributed by atoms with van der Waals surface area (Å²) in [4.78, 5) is 28.4.